The van der Waals surface area contributed by atoms with E-state index >= 15 is 0 Å². The molecule has 0 aliphatic rings. The van der Waals surface area contributed by atoms with Crippen molar-refractivity contribution in [2.45, 2.75) is 13.8 Å². The molecule has 0 saturated carbocycles. The monoisotopic (exact) mass is 459 g/mol. The number of allylic oxidation sites excluding steroid dienone is 1. The zero-order chi connectivity index (χ0) is 18.7. The van der Waals surface area contributed by atoms with Crippen LogP contribution in [0, 0.1) is 21.8 Å². The molecule has 132 valence electrons. The van der Waals surface area contributed by atoms with E-state index < -0.39 is 0 Å². The highest BCUT2D eigenvalue weighted by atomic mass is 127. The molecule has 0 radical (unpaired) electrons. The summed E-state index contributed by atoms with van der Waals surface area (Å²) in [5.41, 5.74) is 4.21. The highest BCUT2D eigenvalue weighted by Crippen LogP contribution is 2.35. The minimum absolute atomic E-state index is 0.460. The number of hydrogen-bond acceptors (Lipinski definition) is 4. The normalized spacial score (nSPS) is 11.4. The second kappa shape index (κ2) is 7.79. The number of aromatic nitrogens is 2. The molecule has 1 heterocycles. The molecule has 26 heavy (non-hydrogen) atoms. The standard InChI is InChI=1S/C20H18IN3O2/c1-4-26-18-10-13(9-15(21)19(18)25-3)8-14(11-22)20-23-16-6-5-12(2)7-17(16)24-20/h5-10H,4H2,1-3H3,(H,23,24). The van der Waals surface area contributed by atoms with Crippen molar-refractivity contribution in [3.05, 3.63) is 50.9 Å². The average molecular weight is 459 g/mol. The quantitative estimate of drug-likeness (QED) is 0.433. The number of H-pyrrole nitrogens is 1. The molecule has 0 saturated heterocycles. The number of nitrogens with one attached hydrogen (secondary N) is 1. The fourth-order valence-corrected chi connectivity index (χ4v) is 3.55. The second-order valence-corrected chi connectivity index (χ2v) is 6.91. The lowest BCUT2D eigenvalue weighted by Crippen LogP contribution is -1.98. The first-order valence-electron chi connectivity index (χ1n) is 8.14. The van der Waals surface area contributed by atoms with Crippen LogP contribution in [0.3, 0.4) is 0 Å². The predicted octanol–water partition coefficient (Wildman–Crippen LogP) is 4.95. The third-order valence-corrected chi connectivity index (χ3v) is 4.66. The maximum atomic E-state index is 9.63. The Morgan fingerprint density at radius 2 is 2.15 bits per heavy atom. The van der Waals surface area contributed by atoms with Crippen LogP contribution in [0.2, 0.25) is 0 Å². The van der Waals surface area contributed by atoms with Gasteiger partial charge in [0.15, 0.2) is 11.5 Å². The van der Waals surface area contributed by atoms with Crippen LogP contribution in [-0.4, -0.2) is 23.7 Å². The summed E-state index contributed by atoms with van der Waals surface area (Å²) in [7, 11) is 1.62. The third kappa shape index (κ3) is 3.68. The Morgan fingerprint density at radius 3 is 2.85 bits per heavy atom. The summed E-state index contributed by atoms with van der Waals surface area (Å²) in [6.45, 7) is 4.48. The molecule has 0 bridgehead atoms. The first kappa shape index (κ1) is 18.3. The van der Waals surface area contributed by atoms with E-state index in [1.165, 1.54) is 0 Å². The smallest absolute Gasteiger partial charge is 0.174 e. The summed E-state index contributed by atoms with van der Waals surface area (Å²) in [5, 5.41) is 9.63. The average Bonchev–Trinajstić information content (AvgIpc) is 3.02. The lowest BCUT2D eigenvalue weighted by Gasteiger charge is -2.12. The van der Waals surface area contributed by atoms with Crippen molar-refractivity contribution in [3.8, 4) is 17.6 Å². The molecule has 2 aromatic carbocycles. The van der Waals surface area contributed by atoms with Gasteiger partial charge in [0.2, 0.25) is 0 Å². The molecular weight excluding hydrogens is 441 g/mol. The number of hydrogen-bond donors (Lipinski definition) is 1. The van der Waals surface area contributed by atoms with E-state index in [4.69, 9.17) is 9.47 Å². The number of rotatable bonds is 5. The molecular formula is C20H18IN3O2. The maximum absolute atomic E-state index is 9.63. The van der Waals surface area contributed by atoms with E-state index in [-0.39, 0.29) is 0 Å². The van der Waals surface area contributed by atoms with Crippen molar-refractivity contribution >= 4 is 45.3 Å². The van der Waals surface area contributed by atoms with E-state index in [9.17, 15) is 5.26 Å². The Bertz CT molecular complexity index is 1030. The number of imidazole rings is 1. The van der Waals surface area contributed by atoms with E-state index in [1.54, 1.807) is 13.2 Å². The second-order valence-electron chi connectivity index (χ2n) is 5.74. The Kier molecular flexibility index (Phi) is 5.47. The van der Waals surface area contributed by atoms with Crippen molar-refractivity contribution in [2.24, 2.45) is 0 Å². The number of nitriles is 1. The van der Waals surface area contributed by atoms with Crippen LogP contribution in [0.25, 0.3) is 22.7 Å². The van der Waals surface area contributed by atoms with Crippen LogP contribution < -0.4 is 9.47 Å². The number of nitrogens with zero attached hydrogens (tertiary/aromatic N) is 2. The fraction of sp³-hybridized carbons (Fsp3) is 0.200. The molecule has 1 aromatic heterocycles. The van der Waals surface area contributed by atoms with Gasteiger partial charge in [-0.3, -0.25) is 0 Å². The Morgan fingerprint density at radius 1 is 1.35 bits per heavy atom. The summed E-state index contributed by atoms with van der Waals surface area (Å²) in [5.74, 6) is 1.91. The maximum Gasteiger partial charge on any atom is 0.174 e. The Hall–Kier alpha value is -2.53. The van der Waals surface area contributed by atoms with Gasteiger partial charge in [-0.25, -0.2) is 4.98 Å². The minimum Gasteiger partial charge on any atom is -0.492 e. The van der Waals surface area contributed by atoms with Gasteiger partial charge >= 0.3 is 0 Å². The van der Waals surface area contributed by atoms with E-state index in [1.807, 2.05) is 44.2 Å². The molecule has 0 unspecified atom stereocenters. The Labute approximate surface area is 165 Å². The molecule has 0 spiro atoms. The van der Waals surface area contributed by atoms with Crippen LogP contribution >= 0.6 is 22.6 Å². The predicted molar refractivity (Wildman–Crippen MR) is 111 cm³/mol. The van der Waals surface area contributed by atoms with Gasteiger partial charge in [-0.15, -0.1) is 0 Å². The van der Waals surface area contributed by atoms with Gasteiger partial charge in [0, 0.05) is 0 Å². The fourth-order valence-electron chi connectivity index (χ4n) is 2.70. The van der Waals surface area contributed by atoms with Crippen LogP contribution in [0.5, 0.6) is 11.5 Å². The summed E-state index contributed by atoms with van der Waals surface area (Å²) in [6.07, 6.45) is 1.80. The first-order chi connectivity index (χ1) is 12.5. The van der Waals surface area contributed by atoms with Crippen molar-refractivity contribution in [3.63, 3.8) is 0 Å². The topological polar surface area (TPSA) is 70.9 Å². The summed E-state index contributed by atoms with van der Waals surface area (Å²) >= 11 is 2.20. The number of benzene rings is 2. The molecule has 3 aromatic rings. The lowest BCUT2D eigenvalue weighted by molar-refractivity contribution is 0.309. The first-order valence-corrected chi connectivity index (χ1v) is 9.22. The molecule has 3 rings (SSSR count). The Balaban J connectivity index is 2.07. The van der Waals surface area contributed by atoms with Gasteiger partial charge in [-0.05, 0) is 77.9 Å². The number of aromatic amines is 1. The van der Waals surface area contributed by atoms with E-state index in [0.29, 0.717) is 29.5 Å². The zero-order valence-electron chi connectivity index (χ0n) is 14.8. The molecule has 0 fully saturated rings. The van der Waals surface area contributed by atoms with Gasteiger partial charge < -0.3 is 14.5 Å². The summed E-state index contributed by atoms with van der Waals surface area (Å²) in [4.78, 5) is 7.76. The van der Waals surface area contributed by atoms with Gasteiger partial charge in [0.05, 0.1) is 33.9 Å². The summed E-state index contributed by atoms with van der Waals surface area (Å²) in [6, 6.07) is 12.0. The molecule has 0 aliphatic heterocycles. The number of aryl methyl sites for hydroxylation is 1. The number of halogens is 1. The van der Waals surface area contributed by atoms with E-state index in [2.05, 4.69) is 38.6 Å². The highest BCUT2D eigenvalue weighted by Gasteiger charge is 2.13. The number of fused-ring (bicyclic) bond motifs is 1. The van der Waals surface area contributed by atoms with Gasteiger partial charge in [0.1, 0.15) is 11.9 Å². The van der Waals surface area contributed by atoms with Crippen LogP contribution in [0.1, 0.15) is 23.9 Å². The lowest BCUT2D eigenvalue weighted by atomic mass is 10.1. The van der Waals surface area contributed by atoms with Gasteiger partial charge in [0.25, 0.3) is 0 Å². The zero-order valence-corrected chi connectivity index (χ0v) is 16.9. The van der Waals surface area contributed by atoms with Crippen molar-refractivity contribution < 1.29 is 9.47 Å². The van der Waals surface area contributed by atoms with Crippen molar-refractivity contribution in [1.82, 2.24) is 9.97 Å². The number of ether oxygens (including phenoxy) is 2. The van der Waals surface area contributed by atoms with Crippen LogP contribution in [0.4, 0.5) is 0 Å². The third-order valence-electron chi connectivity index (χ3n) is 3.86. The van der Waals surface area contributed by atoms with Crippen LogP contribution in [-0.2, 0) is 0 Å². The molecule has 6 heteroatoms. The van der Waals surface area contributed by atoms with Gasteiger partial charge in [-0.1, -0.05) is 6.07 Å². The van der Waals surface area contributed by atoms with Gasteiger partial charge in [-0.2, -0.15) is 5.26 Å². The van der Waals surface area contributed by atoms with Crippen molar-refractivity contribution in [1.29, 1.82) is 5.26 Å². The molecule has 1 N–H and O–H groups in total. The molecule has 5 nitrogen and oxygen atoms in total. The molecule has 0 aliphatic carbocycles. The molecule has 0 atom stereocenters. The SMILES string of the molecule is CCOc1cc(C=C(C#N)c2nc3ccc(C)cc3[nH]2)cc(I)c1OC. The summed E-state index contributed by atoms with van der Waals surface area (Å²) < 4.78 is 12.0. The largest absolute Gasteiger partial charge is 0.492 e. The molecule has 0 amide bonds. The highest BCUT2D eigenvalue weighted by molar-refractivity contribution is 14.1. The number of methoxy groups -OCH3 is 1. The van der Waals surface area contributed by atoms with Crippen LogP contribution in [0.15, 0.2) is 30.3 Å². The van der Waals surface area contributed by atoms with Crippen molar-refractivity contribution in [2.75, 3.05) is 13.7 Å². The minimum atomic E-state index is 0.460. The van der Waals surface area contributed by atoms with E-state index in [0.717, 1.165) is 25.7 Å².